The van der Waals surface area contributed by atoms with E-state index in [4.69, 9.17) is 0 Å². The van der Waals surface area contributed by atoms with Crippen molar-refractivity contribution < 1.29 is 13.2 Å². The summed E-state index contributed by atoms with van der Waals surface area (Å²) in [4.78, 5) is 14.4. The van der Waals surface area contributed by atoms with Crippen LogP contribution < -0.4 is 4.72 Å². The second kappa shape index (κ2) is 7.87. The second-order valence-corrected chi connectivity index (χ2v) is 9.62. The summed E-state index contributed by atoms with van der Waals surface area (Å²) in [7, 11) is -3.58. The lowest BCUT2D eigenvalue weighted by Gasteiger charge is -2.33. The van der Waals surface area contributed by atoms with Gasteiger partial charge in [0.1, 0.15) is 0 Å². The van der Waals surface area contributed by atoms with Crippen molar-refractivity contribution in [1.82, 2.24) is 9.62 Å². The SMILES string of the molecule is CC1CCCCN1C(=O)CCNS(=O)(=O)c1ccc(C(C)(C)C)cc1. The summed E-state index contributed by atoms with van der Waals surface area (Å²) in [5, 5.41) is 0. The maximum atomic E-state index is 12.4. The Hall–Kier alpha value is -1.40. The predicted molar refractivity (Wildman–Crippen MR) is 100.0 cm³/mol. The monoisotopic (exact) mass is 366 g/mol. The number of carbonyl (C=O) groups is 1. The summed E-state index contributed by atoms with van der Waals surface area (Å²) in [5.74, 6) is 0.0259. The number of hydrogen-bond donors (Lipinski definition) is 1. The topological polar surface area (TPSA) is 66.5 Å². The molecule has 1 heterocycles. The van der Waals surface area contributed by atoms with Crippen LogP contribution in [0.2, 0.25) is 0 Å². The minimum absolute atomic E-state index is 0.0206. The number of amides is 1. The zero-order chi connectivity index (χ0) is 18.7. The molecule has 0 aromatic heterocycles. The molecule has 1 aliphatic rings. The Kier molecular flexibility index (Phi) is 6.27. The third-order valence-corrected chi connectivity index (χ3v) is 6.26. The summed E-state index contributed by atoms with van der Waals surface area (Å²) in [6.07, 6.45) is 3.41. The van der Waals surface area contributed by atoms with Gasteiger partial charge in [-0.1, -0.05) is 32.9 Å². The second-order valence-electron chi connectivity index (χ2n) is 7.85. The van der Waals surface area contributed by atoms with Gasteiger partial charge in [0, 0.05) is 25.6 Å². The van der Waals surface area contributed by atoms with Gasteiger partial charge in [-0.15, -0.1) is 0 Å². The van der Waals surface area contributed by atoms with Crippen LogP contribution >= 0.6 is 0 Å². The number of nitrogens with one attached hydrogen (secondary N) is 1. The van der Waals surface area contributed by atoms with Crippen LogP contribution in [-0.2, 0) is 20.2 Å². The van der Waals surface area contributed by atoms with Crippen LogP contribution in [-0.4, -0.2) is 38.4 Å². The van der Waals surface area contributed by atoms with Gasteiger partial charge in [-0.25, -0.2) is 13.1 Å². The van der Waals surface area contributed by atoms with Crippen molar-refractivity contribution >= 4 is 15.9 Å². The molecule has 1 saturated heterocycles. The number of carbonyl (C=O) groups excluding carboxylic acids is 1. The molecule has 6 heteroatoms. The van der Waals surface area contributed by atoms with Crippen LogP contribution in [0.25, 0.3) is 0 Å². The van der Waals surface area contributed by atoms with E-state index in [1.807, 2.05) is 17.0 Å². The fourth-order valence-electron chi connectivity index (χ4n) is 3.12. The lowest BCUT2D eigenvalue weighted by Crippen LogP contribution is -2.43. The molecule has 1 unspecified atom stereocenters. The molecule has 1 aromatic carbocycles. The van der Waals surface area contributed by atoms with Crippen LogP contribution in [0, 0.1) is 0 Å². The van der Waals surface area contributed by atoms with Crippen molar-refractivity contribution in [3.63, 3.8) is 0 Å². The Bertz CT molecular complexity index is 690. The van der Waals surface area contributed by atoms with Gasteiger partial charge in [0.2, 0.25) is 15.9 Å². The van der Waals surface area contributed by atoms with Crippen LogP contribution in [0.4, 0.5) is 0 Å². The van der Waals surface area contributed by atoms with Crippen LogP contribution in [0.15, 0.2) is 29.2 Å². The van der Waals surface area contributed by atoms with Gasteiger partial charge in [0.15, 0.2) is 0 Å². The largest absolute Gasteiger partial charge is 0.340 e. The Morgan fingerprint density at radius 2 is 1.84 bits per heavy atom. The fraction of sp³-hybridized carbons (Fsp3) is 0.632. The van der Waals surface area contributed by atoms with Gasteiger partial charge < -0.3 is 4.90 Å². The van der Waals surface area contributed by atoms with Crippen molar-refractivity contribution in [3.05, 3.63) is 29.8 Å². The van der Waals surface area contributed by atoms with Crippen LogP contribution in [0.1, 0.15) is 58.9 Å². The zero-order valence-corrected chi connectivity index (χ0v) is 16.5. The average molecular weight is 367 g/mol. The first kappa shape index (κ1) is 19.9. The van der Waals surface area contributed by atoms with E-state index < -0.39 is 10.0 Å². The fourth-order valence-corrected chi connectivity index (χ4v) is 4.15. The Morgan fingerprint density at radius 1 is 1.20 bits per heavy atom. The molecule has 0 spiro atoms. The van der Waals surface area contributed by atoms with Crippen LogP contribution in [0.3, 0.4) is 0 Å². The number of benzene rings is 1. The van der Waals surface area contributed by atoms with Gasteiger partial charge in [0.25, 0.3) is 0 Å². The van der Waals surface area contributed by atoms with Crippen molar-refractivity contribution in [2.24, 2.45) is 0 Å². The van der Waals surface area contributed by atoms with Crippen molar-refractivity contribution in [2.45, 2.75) is 69.7 Å². The molecule has 0 bridgehead atoms. The first-order valence-electron chi connectivity index (χ1n) is 9.01. The normalized spacial score (nSPS) is 19.0. The summed E-state index contributed by atoms with van der Waals surface area (Å²) in [6.45, 7) is 9.22. The summed E-state index contributed by atoms with van der Waals surface area (Å²) in [5.41, 5.74) is 1.06. The third kappa shape index (κ3) is 5.28. The van der Waals surface area contributed by atoms with E-state index >= 15 is 0 Å². The Labute approximate surface area is 151 Å². The van der Waals surface area contributed by atoms with E-state index in [0.29, 0.717) is 0 Å². The lowest BCUT2D eigenvalue weighted by molar-refractivity contribution is -0.134. The zero-order valence-electron chi connectivity index (χ0n) is 15.7. The average Bonchev–Trinajstić information content (AvgIpc) is 2.54. The molecule has 140 valence electrons. The molecule has 25 heavy (non-hydrogen) atoms. The quantitative estimate of drug-likeness (QED) is 0.871. The number of nitrogens with zero attached hydrogens (tertiary/aromatic N) is 1. The molecule has 1 N–H and O–H groups in total. The highest BCUT2D eigenvalue weighted by atomic mass is 32.2. The third-order valence-electron chi connectivity index (χ3n) is 4.78. The van der Waals surface area contributed by atoms with Gasteiger partial charge >= 0.3 is 0 Å². The highest BCUT2D eigenvalue weighted by Gasteiger charge is 2.23. The van der Waals surface area contributed by atoms with Gasteiger partial charge in [-0.3, -0.25) is 4.79 Å². The summed E-state index contributed by atoms with van der Waals surface area (Å²) >= 11 is 0. The van der Waals surface area contributed by atoms with Gasteiger partial charge in [0.05, 0.1) is 4.90 Å². The maximum Gasteiger partial charge on any atom is 0.240 e. The van der Waals surface area contributed by atoms with E-state index in [0.717, 1.165) is 31.4 Å². The molecule has 0 aliphatic carbocycles. The molecule has 1 amide bonds. The molecule has 1 aliphatic heterocycles. The smallest absolute Gasteiger partial charge is 0.240 e. The van der Waals surface area contributed by atoms with Crippen molar-refractivity contribution in [3.8, 4) is 0 Å². The van der Waals surface area contributed by atoms with E-state index in [1.54, 1.807) is 12.1 Å². The first-order valence-corrected chi connectivity index (χ1v) is 10.5. The van der Waals surface area contributed by atoms with Crippen LogP contribution in [0.5, 0.6) is 0 Å². The van der Waals surface area contributed by atoms with Gasteiger partial charge in [-0.05, 0) is 49.3 Å². The number of rotatable bonds is 5. The maximum absolute atomic E-state index is 12.4. The molecule has 1 atom stereocenters. The number of sulfonamides is 1. The van der Waals surface area contributed by atoms with E-state index in [1.165, 1.54) is 0 Å². The number of likely N-dealkylation sites (tertiary alicyclic amines) is 1. The first-order chi connectivity index (χ1) is 11.6. The highest BCUT2D eigenvalue weighted by Crippen LogP contribution is 2.23. The molecule has 5 nitrogen and oxygen atoms in total. The molecule has 1 aromatic rings. The van der Waals surface area contributed by atoms with E-state index in [-0.39, 0.29) is 35.2 Å². The summed E-state index contributed by atoms with van der Waals surface area (Å²) in [6, 6.07) is 7.18. The summed E-state index contributed by atoms with van der Waals surface area (Å²) < 4.78 is 27.3. The molecule has 1 fully saturated rings. The van der Waals surface area contributed by atoms with E-state index in [2.05, 4.69) is 32.4 Å². The number of piperidine rings is 1. The molecule has 2 rings (SSSR count). The Balaban J connectivity index is 1.92. The minimum atomic E-state index is -3.58. The standard InChI is InChI=1S/C19H30N2O3S/c1-15-7-5-6-14-21(15)18(22)12-13-20-25(23,24)17-10-8-16(9-11-17)19(2,3)4/h8-11,15,20H,5-7,12-14H2,1-4H3. The molecule has 0 saturated carbocycles. The molecular weight excluding hydrogens is 336 g/mol. The molecular formula is C19H30N2O3S. The minimum Gasteiger partial charge on any atom is -0.340 e. The predicted octanol–water partition coefficient (Wildman–Crippen LogP) is 3.05. The van der Waals surface area contributed by atoms with Gasteiger partial charge in [-0.2, -0.15) is 0 Å². The molecule has 0 radical (unpaired) electrons. The van der Waals surface area contributed by atoms with Crippen molar-refractivity contribution in [2.75, 3.05) is 13.1 Å². The Morgan fingerprint density at radius 3 is 2.40 bits per heavy atom. The lowest BCUT2D eigenvalue weighted by atomic mass is 9.87. The van der Waals surface area contributed by atoms with Crippen molar-refractivity contribution in [1.29, 1.82) is 0 Å². The highest BCUT2D eigenvalue weighted by molar-refractivity contribution is 7.89. The van der Waals surface area contributed by atoms with E-state index in [9.17, 15) is 13.2 Å². The number of hydrogen-bond acceptors (Lipinski definition) is 3.